The Labute approximate surface area is 243 Å². The number of amides is 2. The van der Waals surface area contributed by atoms with E-state index in [-0.39, 0.29) is 23.7 Å². The minimum absolute atomic E-state index is 0.140. The number of benzene rings is 1. The van der Waals surface area contributed by atoms with Gasteiger partial charge in [-0.3, -0.25) is 24.5 Å². The molecule has 2 amide bonds. The molecule has 1 fully saturated rings. The van der Waals surface area contributed by atoms with Crippen molar-refractivity contribution < 1.29 is 14.3 Å². The molecule has 2 aliphatic rings. The van der Waals surface area contributed by atoms with Crippen molar-refractivity contribution in [1.29, 1.82) is 0 Å². The second-order valence-electron chi connectivity index (χ2n) is 11.3. The molecular weight excluding hydrogens is 514 g/mol. The summed E-state index contributed by atoms with van der Waals surface area (Å²) in [5, 5.41) is 0. The number of likely N-dealkylation sites (N-methyl/N-ethyl adjacent to an activating group) is 1. The van der Waals surface area contributed by atoms with Crippen molar-refractivity contribution in [2.45, 2.75) is 45.2 Å². The van der Waals surface area contributed by atoms with Crippen molar-refractivity contribution in [2.24, 2.45) is 11.8 Å². The number of nitrogens with zero attached hydrogens (tertiary/aromatic N) is 5. The minimum atomic E-state index is 0.140. The quantitative estimate of drug-likeness (QED) is 0.435. The molecule has 41 heavy (non-hydrogen) atoms. The van der Waals surface area contributed by atoms with Crippen LogP contribution in [-0.4, -0.2) is 76.3 Å². The highest BCUT2D eigenvalue weighted by atomic mass is 16.5. The van der Waals surface area contributed by atoms with E-state index < -0.39 is 0 Å². The molecule has 0 spiro atoms. The predicted molar refractivity (Wildman–Crippen MR) is 158 cm³/mol. The van der Waals surface area contributed by atoms with Crippen molar-refractivity contribution >= 4 is 11.8 Å². The fraction of sp³-hybridized carbons (Fsp3) is 0.455. The van der Waals surface area contributed by atoms with E-state index in [2.05, 4.69) is 20.9 Å². The number of carbonyl (C=O) groups excluding carboxylic acids is 2. The van der Waals surface area contributed by atoms with Gasteiger partial charge in [-0.1, -0.05) is 30.3 Å². The van der Waals surface area contributed by atoms with E-state index in [4.69, 9.17) is 4.74 Å². The fourth-order valence-electron chi connectivity index (χ4n) is 5.96. The number of hydrogen-bond acceptors (Lipinski definition) is 6. The second kappa shape index (κ2) is 14.2. The van der Waals surface area contributed by atoms with Gasteiger partial charge in [-0.2, -0.15) is 0 Å². The van der Waals surface area contributed by atoms with Gasteiger partial charge < -0.3 is 14.5 Å². The van der Waals surface area contributed by atoms with Crippen LogP contribution in [0.2, 0.25) is 0 Å². The minimum Gasteiger partial charge on any atom is -0.493 e. The van der Waals surface area contributed by atoms with Crippen molar-refractivity contribution in [3.05, 3.63) is 90.0 Å². The monoisotopic (exact) mass is 555 g/mol. The van der Waals surface area contributed by atoms with Crippen LogP contribution >= 0.6 is 0 Å². The lowest BCUT2D eigenvalue weighted by Crippen LogP contribution is -2.48. The first kappa shape index (κ1) is 28.7. The van der Waals surface area contributed by atoms with E-state index in [0.717, 1.165) is 48.4 Å². The summed E-state index contributed by atoms with van der Waals surface area (Å²) < 4.78 is 6.27. The second-order valence-corrected chi connectivity index (χ2v) is 11.3. The Morgan fingerprint density at radius 3 is 2.51 bits per heavy atom. The highest BCUT2D eigenvalue weighted by Crippen LogP contribution is 2.32. The van der Waals surface area contributed by atoms with E-state index in [9.17, 15) is 9.59 Å². The number of hydrogen-bond donors (Lipinski definition) is 0. The van der Waals surface area contributed by atoms with E-state index in [0.29, 0.717) is 52.3 Å². The van der Waals surface area contributed by atoms with Crippen molar-refractivity contribution in [1.82, 2.24) is 24.7 Å². The van der Waals surface area contributed by atoms with Gasteiger partial charge in [0, 0.05) is 76.3 Å². The van der Waals surface area contributed by atoms with Crippen LogP contribution in [0.4, 0.5) is 0 Å². The van der Waals surface area contributed by atoms with Gasteiger partial charge in [0.2, 0.25) is 11.8 Å². The number of pyridine rings is 2. The maximum absolute atomic E-state index is 13.6. The van der Waals surface area contributed by atoms with Crippen LogP contribution in [0.1, 0.15) is 42.6 Å². The predicted octanol–water partition coefficient (Wildman–Crippen LogP) is 4.21. The first-order valence-corrected chi connectivity index (χ1v) is 14.8. The van der Waals surface area contributed by atoms with Crippen LogP contribution in [0.25, 0.3) is 0 Å². The van der Waals surface area contributed by atoms with Gasteiger partial charge >= 0.3 is 0 Å². The molecule has 4 heterocycles. The highest BCUT2D eigenvalue weighted by molar-refractivity contribution is 5.79. The summed E-state index contributed by atoms with van der Waals surface area (Å²) in [4.78, 5) is 41.8. The molecule has 8 nitrogen and oxygen atoms in total. The number of carbonyl (C=O) groups is 2. The Balaban J connectivity index is 1.26. The van der Waals surface area contributed by atoms with E-state index in [1.165, 1.54) is 0 Å². The molecule has 2 aromatic heterocycles. The number of para-hydroxylation sites is 1. The summed E-state index contributed by atoms with van der Waals surface area (Å²) in [7, 11) is 1.88. The van der Waals surface area contributed by atoms with Crippen LogP contribution in [0.5, 0.6) is 5.75 Å². The molecule has 0 N–H and O–H groups in total. The molecule has 216 valence electrons. The number of aromatic nitrogens is 2. The molecule has 1 aromatic carbocycles. The molecule has 5 rings (SSSR count). The molecule has 1 saturated heterocycles. The topological polar surface area (TPSA) is 78.9 Å². The molecule has 0 radical (unpaired) electrons. The van der Waals surface area contributed by atoms with Crippen LogP contribution in [0.15, 0.2) is 73.1 Å². The lowest BCUT2D eigenvalue weighted by atomic mass is 9.80. The van der Waals surface area contributed by atoms with Crippen molar-refractivity contribution in [3.63, 3.8) is 0 Å². The molecule has 2 aliphatic heterocycles. The zero-order chi connectivity index (χ0) is 28.4. The first-order valence-electron chi connectivity index (χ1n) is 14.8. The number of piperidine rings is 1. The van der Waals surface area contributed by atoms with Gasteiger partial charge in [-0.05, 0) is 61.4 Å². The maximum atomic E-state index is 13.6. The SMILES string of the molecule is CN(CCc1ccccn1)C(=O)C[C@@H]1CCN2C[C@@H]1CCCOc1ccccc1CN(Cc1ccccn1)CC2=O. The van der Waals surface area contributed by atoms with Crippen LogP contribution in [0, 0.1) is 11.8 Å². The molecule has 8 heteroatoms. The summed E-state index contributed by atoms with van der Waals surface area (Å²) in [6.07, 6.45) is 7.50. The Bertz CT molecular complexity index is 1270. The molecule has 0 aliphatic carbocycles. The van der Waals surface area contributed by atoms with E-state index in [1.807, 2.05) is 71.4 Å². The molecule has 0 unspecified atom stereocenters. The zero-order valence-corrected chi connectivity index (χ0v) is 24.0. The summed E-state index contributed by atoms with van der Waals surface area (Å²) in [6, 6.07) is 19.9. The molecule has 3 aromatic rings. The Morgan fingerprint density at radius 2 is 1.73 bits per heavy atom. The standard InChI is InChI=1S/C33H41N5O3/c1-36(18-15-29-11-4-6-16-34-29)32(39)21-26-14-19-38-23-27(26)10-8-20-41-31-13-3-2-9-28(31)22-37(25-33(38)40)24-30-12-5-7-17-35-30/h2-7,9,11-13,16-17,26-27H,8,10,14-15,18-25H2,1H3/t26-,27-/m0/s1. The van der Waals surface area contributed by atoms with Gasteiger partial charge in [0.25, 0.3) is 0 Å². The third kappa shape index (κ3) is 8.13. The fourth-order valence-corrected chi connectivity index (χ4v) is 5.96. The lowest BCUT2D eigenvalue weighted by Gasteiger charge is -2.39. The third-order valence-electron chi connectivity index (χ3n) is 8.35. The van der Waals surface area contributed by atoms with Gasteiger partial charge in [-0.25, -0.2) is 0 Å². The van der Waals surface area contributed by atoms with Crippen molar-refractivity contribution in [3.8, 4) is 5.75 Å². The lowest BCUT2D eigenvalue weighted by molar-refractivity contribution is -0.136. The molecule has 2 bridgehead atoms. The van der Waals surface area contributed by atoms with Gasteiger partial charge in [0.1, 0.15) is 5.75 Å². The smallest absolute Gasteiger partial charge is 0.236 e. The average molecular weight is 556 g/mol. The number of ether oxygens (including phenoxy) is 1. The van der Waals surface area contributed by atoms with Gasteiger partial charge in [0.15, 0.2) is 0 Å². The van der Waals surface area contributed by atoms with Gasteiger partial charge in [0.05, 0.1) is 18.8 Å². The van der Waals surface area contributed by atoms with Crippen LogP contribution in [0.3, 0.4) is 0 Å². The van der Waals surface area contributed by atoms with Crippen LogP contribution in [-0.2, 0) is 29.1 Å². The normalized spacial score (nSPS) is 20.1. The van der Waals surface area contributed by atoms with Crippen LogP contribution < -0.4 is 4.74 Å². The maximum Gasteiger partial charge on any atom is 0.236 e. The summed E-state index contributed by atoms with van der Waals surface area (Å²) in [5.74, 6) is 1.70. The summed E-state index contributed by atoms with van der Waals surface area (Å²) in [6.45, 7) is 4.16. The van der Waals surface area contributed by atoms with Gasteiger partial charge in [-0.15, -0.1) is 0 Å². The highest BCUT2D eigenvalue weighted by Gasteiger charge is 2.34. The molecular formula is C33H41N5O3. The number of rotatable bonds is 7. The number of fused-ring (bicyclic) bond motifs is 3. The zero-order valence-electron chi connectivity index (χ0n) is 24.0. The summed E-state index contributed by atoms with van der Waals surface area (Å²) in [5.41, 5.74) is 3.00. The Hall–Kier alpha value is -3.78. The molecule has 0 saturated carbocycles. The van der Waals surface area contributed by atoms with Crippen molar-refractivity contribution in [2.75, 3.05) is 39.8 Å². The Kier molecular flexibility index (Phi) is 9.96. The Morgan fingerprint density at radius 1 is 0.976 bits per heavy atom. The molecule has 2 atom stereocenters. The first-order chi connectivity index (χ1) is 20.0. The van der Waals surface area contributed by atoms with E-state index >= 15 is 0 Å². The largest absolute Gasteiger partial charge is 0.493 e. The third-order valence-corrected chi connectivity index (χ3v) is 8.35. The average Bonchev–Trinajstić information content (AvgIpc) is 3.00. The summed E-state index contributed by atoms with van der Waals surface area (Å²) >= 11 is 0. The van der Waals surface area contributed by atoms with E-state index in [1.54, 1.807) is 12.4 Å².